The van der Waals surface area contributed by atoms with E-state index in [1.807, 2.05) is 6.92 Å². The van der Waals surface area contributed by atoms with Crippen LogP contribution >= 0.6 is 0 Å². The highest BCUT2D eigenvalue weighted by Crippen LogP contribution is 2.39. The Balaban J connectivity index is 1.86. The molecule has 2 aromatic carbocycles. The van der Waals surface area contributed by atoms with Crippen molar-refractivity contribution in [3.05, 3.63) is 60.8 Å². The predicted octanol–water partition coefficient (Wildman–Crippen LogP) is 4.22. The number of carbonyl (C=O) groups is 1. The van der Waals surface area contributed by atoms with Crippen LogP contribution in [0.3, 0.4) is 0 Å². The zero-order chi connectivity index (χ0) is 26.5. The SMILES string of the molecule is CCOc1c(Nc2c3c(nn2-c2cc(C)c(F)c(C)c2)CCN(C(=O)OC(C)(C)C)[C@H]3C)c(=O)c1=O. The first kappa shape index (κ1) is 25.4. The van der Waals surface area contributed by atoms with Crippen LogP contribution in [0.2, 0.25) is 0 Å². The number of aromatic nitrogens is 2. The topological polar surface area (TPSA) is 103 Å². The molecule has 10 heteroatoms. The summed E-state index contributed by atoms with van der Waals surface area (Å²) in [7, 11) is 0. The molecular weight excluding hydrogens is 467 g/mol. The molecule has 1 amide bonds. The number of carbonyl (C=O) groups excluding carboxylic acids is 1. The summed E-state index contributed by atoms with van der Waals surface area (Å²) in [4.78, 5) is 39.1. The van der Waals surface area contributed by atoms with E-state index in [0.29, 0.717) is 41.2 Å². The minimum absolute atomic E-state index is 0.0305. The number of hydrogen-bond acceptors (Lipinski definition) is 7. The van der Waals surface area contributed by atoms with E-state index in [0.717, 1.165) is 5.69 Å². The fraction of sp³-hybridized carbons (Fsp3) is 0.462. The third kappa shape index (κ3) is 4.36. The van der Waals surface area contributed by atoms with Gasteiger partial charge in [-0.05, 0) is 71.7 Å². The molecular formula is C26H31FN4O5. The zero-order valence-electron chi connectivity index (χ0n) is 21.6. The summed E-state index contributed by atoms with van der Waals surface area (Å²) >= 11 is 0. The summed E-state index contributed by atoms with van der Waals surface area (Å²) in [6, 6.07) is 2.87. The monoisotopic (exact) mass is 498 g/mol. The van der Waals surface area contributed by atoms with E-state index in [1.165, 1.54) is 0 Å². The summed E-state index contributed by atoms with van der Waals surface area (Å²) in [6.45, 7) is 12.9. The van der Waals surface area contributed by atoms with Crippen LogP contribution in [0.15, 0.2) is 21.7 Å². The Morgan fingerprint density at radius 2 is 1.83 bits per heavy atom. The van der Waals surface area contributed by atoms with Crippen molar-refractivity contribution in [3.63, 3.8) is 0 Å². The molecule has 0 saturated carbocycles. The molecule has 2 heterocycles. The Morgan fingerprint density at radius 1 is 1.19 bits per heavy atom. The quantitative estimate of drug-likeness (QED) is 0.526. The molecule has 0 spiro atoms. The maximum absolute atomic E-state index is 14.4. The van der Waals surface area contributed by atoms with Gasteiger partial charge in [-0.25, -0.2) is 13.9 Å². The maximum atomic E-state index is 14.4. The largest absolute Gasteiger partial charge is 0.488 e. The van der Waals surface area contributed by atoms with Gasteiger partial charge in [-0.1, -0.05) is 0 Å². The lowest BCUT2D eigenvalue weighted by Gasteiger charge is -2.35. The Kier molecular flexibility index (Phi) is 6.40. The van der Waals surface area contributed by atoms with Gasteiger partial charge in [0.05, 0.1) is 24.0 Å². The molecule has 3 aromatic rings. The normalized spacial score (nSPS) is 15.7. The van der Waals surface area contributed by atoms with Crippen LogP contribution in [-0.2, 0) is 11.2 Å². The smallest absolute Gasteiger partial charge is 0.410 e. The van der Waals surface area contributed by atoms with Gasteiger partial charge in [0.1, 0.15) is 22.9 Å². The molecule has 0 aliphatic carbocycles. The van der Waals surface area contributed by atoms with Gasteiger partial charge in [0.25, 0.3) is 10.9 Å². The van der Waals surface area contributed by atoms with Crippen molar-refractivity contribution in [1.82, 2.24) is 14.7 Å². The third-order valence-electron chi connectivity index (χ3n) is 6.17. The van der Waals surface area contributed by atoms with Crippen molar-refractivity contribution in [2.75, 3.05) is 18.5 Å². The second kappa shape index (κ2) is 9.07. The first-order chi connectivity index (χ1) is 16.8. The lowest BCUT2D eigenvalue weighted by Crippen LogP contribution is -2.42. The van der Waals surface area contributed by atoms with Gasteiger partial charge in [0.2, 0.25) is 0 Å². The van der Waals surface area contributed by atoms with Crippen molar-refractivity contribution < 1.29 is 18.7 Å². The summed E-state index contributed by atoms with van der Waals surface area (Å²) in [5.74, 6) is 0.0582. The number of halogens is 1. The summed E-state index contributed by atoms with van der Waals surface area (Å²) in [5.41, 5.74) is 0.841. The summed E-state index contributed by atoms with van der Waals surface area (Å²) in [5, 5.41) is 7.84. The Hall–Kier alpha value is -3.69. The lowest BCUT2D eigenvalue weighted by molar-refractivity contribution is 0.0160. The minimum atomic E-state index is -0.698. The Bertz CT molecular complexity index is 1390. The van der Waals surface area contributed by atoms with Crippen molar-refractivity contribution in [2.45, 2.75) is 66.5 Å². The van der Waals surface area contributed by atoms with Gasteiger partial charge < -0.3 is 19.7 Å². The summed E-state index contributed by atoms with van der Waals surface area (Å²) in [6.07, 6.45) is -0.0128. The van der Waals surface area contributed by atoms with E-state index in [2.05, 4.69) is 5.32 Å². The summed E-state index contributed by atoms with van der Waals surface area (Å²) < 4.78 is 27.0. The Labute approximate surface area is 208 Å². The van der Waals surface area contributed by atoms with Crippen molar-refractivity contribution in [3.8, 4) is 11.4 Å². The van der Waals surface area contributed by atoms with Crippen LogP contribution < -0.4 is 20.9 Å². The zero-order valence-corrected chi connectivity index (χ0v) is 21.6. The standard InChI is InChI=1S/C26H31FN4O5/c1-8-35-23-20(21(32)22(23)33)28-24-18-15(4)30(25(34)36-26(5,6)7)10-9-17(18)29-31(24)16-11-13(2)19(27)14(3)12-16/h11-12,15,28H,8-10H2,1-7H3/t15-/m0/s1. The molecule has 4 rings (SSSR count). The molecule has 0 radical (unpaired) electrons. The van der Waals surface area contributed by atoms with Gasteiger partial charge in [0.15, 0.2) is 5.75 Å². The van der Waals surface area contributed by atoms with Crippen molar-refractivity contribution >= 4 is 17.6 Å². The third-order valence-corrected chi connectivity index (χ3v) is 6.17. The van der Waals surface area contributed by atoms with Crippen molar-refractivity contribution in [1.29, 1.82) is 0 Å². The molecule has 192 valence electrons. The highest BCUT2D eigenvalue weighted by molar-refractivity contribution is 5.74. The van der Waals surface area contributed by atoms with E-state index >= 15 is 0 Å². The van der Waals surface area contributed by atoms with E-state index in [4.69, 9.17) is 14.6 Å². The number of amides is 1. The highest BCUT2D eigenvalue weighted by Gasteiger charge is 2.37. The van der Waals surface area contributed by atoms with E-state index in [-0.39, 0.29) is 23.9 Å². The molecule has 1 N–H and O–H groups in total. The highest BCUT2D eigenvalue weighted by atomic mass is 19.1. The number of benzene rings is 1. The van der Waals surface area contributed by atoms with Crippen LogP contribution in [0.4, 0.5) is 20.7 Å². The lowest BCUT2D eigenvalue weighted by atomic mass is 9.99. The van der Waals surface area contributed by atoms with Crippen LogP contribution in [-0.4, -0.2) is 39.5 Å². The first-order valence-corrected chi connectivity index (χ1v) is 12.0. The van der Waals surface area contributed by atoms with E-state index in [1.54, 1.807) is 63.3 Å². The molecule has 0 fully saturated rings. The number of ether oxygens (including phenoxy) is 2. The molecule has 1 aromatic heterocycles. The van der Waals surface area contributed by atoms with E-state index in [9.17, 15) is 18.8 Å². The second-order valence-corrected chi connectivity index (χ2v) is 10.0. The molecule has 1 aliphatic heterocycles. The van der Waals surface area contributed by atoms with Crippen LogP contribution in [0.1, 0.15) is 63.0 Å². The fourth-order valence-corrected chi connectivity index (χ4v) is 4.48. The van der Waals surface area contributed by atoms with E-state index < -0.39 is 28.6 Å². The van der Waals surface area contributed by atoms with Gasteiger partial charge in [-0.2, -0.15) is 5.10 Å². The first-order valence-electron chi connectivity index (χ1n) is 12.0. The predicted molar refractivity (Wildman–Crippen MR) is 134 cm³/mol. The average molecular weight is 499 g/mol. The molecule has 9 nitrogen and oxygen atoms in total. The second-order valence-electron chi connectivity index (χ2n) is 10.0. The number of anilines is 2. The number of rotatable bonds is 5. The van der Waals surface area contributed by atoms with Gasteiger partial charge in [0, 0.05) is 18.5 Å². The number of nitrogens with one attached hydrogen (secondary N) is 1. The van der Waals surface area contributed by atoms with Crippen molar-refractivity contribution in [2.24, 2.45) is 0 Å². The number of nitrogens with zero attached hydrogens (tertiary/aromatic N) is 3. The maximum Gasteiger partial charge on any atom is 0.410 e. The van der Waals surface area contributed by atoms with Crippen LogP contribution in [0, 0.1) is 19.7 Å². The molecule has 36 heavy (non-hydrogen) atoms. The van der Waals surface area contributed by atoms with Crippen LogP contribution in [0.5, 0.6) is 5.75 Å². The fourth-order valence-electron chi connectivity index (χ4n) is 4.48. The molecule has 0 bridgehead atoms. The molecule has 1 atom stereocenters. The van der Waals surface area contributed by atoms with Gasteiger partial charge in [-0.3, -0.25) is 9.59 Å². The average Bonchev–Trinajstić information content (AvgIpc) is 3.17. The number of aryl methyl sites for hydroxylation is 2. The number of hydrogen-bond donors (Lipinski definition) is 1. The molecule has 0 saturated heterocycles. The molecule has 0 unspecified atom stereocenters. The minimum Gasteiger partial charge on any atom is -0.488 e. The van der Waals surface area contributed by atoms with Gasteiger partial charge in [-0.15, -0.1) is 0 Å². The van der Waals surface area contributed by atoms with Gasteiger partial charge >= 0.3 is 6.09 Å². The Morgan fingerprint density at radius 3 is 2.42 bits per heavy atom. The molecule has 1 aliphatic rings. The number of fused-ring (bicyclic) bond motifs is 1. The van der Waals surface area contributed by atoms with Crippen LogP contribution in [0.25, 0.3) is 5.69 Å².